The van der Waals surface area contributed by atoms with E-state index in [1.165, 1.54) is 6.07 Å². The van der Waals surface area contributed by atoms with E-state index < -0.39 is 29.6 Å². The summed E-state index contributed by atoms with van der Waals surface area (Å²) in [4.78, 5) is 12.1. The summed E-state index contributed by atoms with van der Waals surface area (Å²) in [5.74, 6) is -0.772. The zero-order valence-electron chi connectivity index (χ0n) is 14.9. The Hall–Kier alpha value is -1.40. The minimum atomic E-state index is -0.800. The molecule has 0 aliphatic carbocycles. The average molecular weight is 321 g/mol. The SMILES string of the molecule is CC(C)(C)C(=O)Nc1cccc(B2OC(C)(C)C(C)(C)O2)c1F. The van der Waals surface area contributed by atoms with E-state index in [4.69, 9.17) is 9.31 Å². The largest absolute Gasteiger partial charge is 0.497 e. The number of nitrogens with one attached hydrogen (secondary N) is 1. The van der Waals surface area contributed by atoms with E-state index in [0.29, 0.717) is 0 Å². The zero-order chi connectivity index (χ0) is 17.6. The van der Waals surface area contributed by atoms with Gasteiger partial charge in [0.15, 0.2) is 0 Å². The number of carbonyl (C=O) groups is 1. The Morgan fingerprint density at radius 1 is 1.13 bits per heavy atom. The third kappa shape index (κ3) is 3.43. The van der Waals surface area contributed by atoms with Crippen LogP contribution in [0.15, 0.2) is 18.2 Å². The van der Waals surface area contributed by atoms with Crippen molar-refractivity contribution in [3.05, 3.63) is 24.0 Å². The Labute approximate surface area is 137 Å². The molecule has 1 aromatic carbocycles. The zero-order valence-corrected chi connectivity index (χ0v) is 14.9. The van der Waals surface area contributed by atoms with Gasteiger partial charge in [0, 0.05) is 10.9 Å². The van der Waals surface area contributed by atoms with Crippen molar-refractivity contribution >= 4 is 24.2 Å². The molecule has 0 radical (unpaired) electrons. The average Bonchev–Trinajstić information content (AvgIpc) is 2.59. The predicted molar refractivity (Wildman–Crippen MR) is 90.2 cm³/mol. The van der Waals surface area contributed by atoms with E-state index in [0.717, 1.165) is 0 Å². The van der Waals surface area contributed by atoms with E-state index in [1.807, 2.05) is 27.7 Å². The van der Waals surface area contributed by atoms with E-state index in [9.17, 15) is 9.18 Å². The van der Waals surface area contributed by atoms with Gasteiger partial charge in [-0.1, -0.05) is 32.9 Å². The summed E-state index contributed by atoms with van der Waals surface area (Å²) < 4.78 is 26.6. The standard InChI is InChI=1S/C17H25BFNO3/c1-15(2,3)14(21)20-12-10-8-9-11(13(12)19)18-22-16(4,5)17(6,7)23-18/h8-10H,1-7H3,(H,20,21). The molecule has 0 spiro atoms. The van der Waals surface area contributed by atoms with Crippen LogP contribution in [0.1, 0.15) is 48.5 Å². The first-order chi connectivity index (χ1) is 10.3. The number of rotatable bonds is 2. The van der Waals surface area contributed by atoms with Gasteiger partial charge in [-0.25, -0.2) is 4.39 Å². The number of hydrogen-bond acceptors (Lipinski definition) is 3. The van der Waals surface area contributed by atoms with Crippen molar-refractivity contribution in [2.75, 3.05) is 5.32 Å². The fraction of sp³-hybridized carbons (Fsp3) is 0.588. The Balaban J connectivity index is 2.30. The molecule has 0 unspecified atom stereocenters. The highest BCUT2D eigenvalue weighted by Gasteiger charge is 2.52. The summed E-state index contributed by atoms with van der Waals surface area (Å²) in [5, 5.41) is 2.63. The van der Waals surface area contributed by atoms with Crippen molar-refractivity contribution in [3.8, 4) is 0 Å². The maximum absolute atomic E-state index is 14.8. The molecule has 6 heteroatoms. The van der Waals surface area contributed by atoms with Gasteiger partial charge < -0.3 is 14.6 Å². The first-order valence-electron chi connectivity index (χ1n) is 7.81. The van der Waals surface area contributed by atoms with Crippen LogP contribution in [0.2, 0.25) is 0 Å². The second-order valence-electron chi connectivity index (χ2n) is 8.00. The quantitative estimate of drug-likeness (QED) is 0.852. The molecule has 1 aliphatic heterocycles. The Morgan fingerprint density at radius 3 is 2.13 bits per heavy atom. The molecular weight excluding hydrogens is 296 g/mol. The molecule has 1 N–H and O–H groups in total. The fourth-order valence-corrected chi connectivity index (χ4v) is 2.11. The van der Waals surface area contributed by atoms with Gasteiger partial charge in [-0.15, -0.1) is 0 Å². The highest BCUT2D eigenvalue weighted by atomic mass is 19.1. The van der Waals surface area contributed by atoms with Gasteiger partial charge >= 0.3 is 7.12 Å². The molecule has 1 aromatic rings. The van der Waals surface area contributed by atoms with E-state index in [-0.39, 0.29) is 17.1 Å². The van der Waals surface area contributed by atoms with Crippen molar-refractivity contribution < 1.29 is 18.5 Å². The van der Waals surface area contributed by atoms with Crippen LogP contribution >= 0.6 is 0 Å². The molecule has 1 heterocycles. The summed E-state index contributed by atoms with van der Waals surface area (Å²) in [6.45, 7) is 13.0. The van der Waals surface area contributed by atoms with Crippen LogP contribution in [0.5, 0.6) is 0 Å². The molecule has 1 saturated heterocycles. The van der Waals surface area contributed by atoms with Crippen molar-refractivity contribution in [3.63, 3.8) is 0 Å². The van der Waals surface area contributed by atoms with E-state index in [1.54, 1.807) is 32.9 Å². The maximum atomic E-state index is 14.8. The minimum Gasteiger partial charge on any atom is -0.399 e. The highest BCUT2D eigenvalue weighted by molar-refractivity contribution is 6.62. The first-order valence-corrected chi connectivity index (χ1v) is 7.81. The lowest BCUT2D eigenvalue weighted by Crippen LogP contribution is -2.41. The highest BCUT2D eigenvalue weighted by Crippen LogP contribution is 2.36. The number of anilines is 1. The van der Waals surface area contributed by atoms with Crippen molar-refractivity contribution in [1.82, 2.24) is 0 Å². The molecule has 4 nitrogen and oxygen atoms in total. The van der Waals surface area contributed by atoms with Crippen molar-refractivity contribution in [2.45, 2.75) is 59.7 Å². The molecule has 0 saturated carbocycles. The monoisotopic (exact) mass is 321 g/mol. The lowest BCUT2D eigenvalue weighted by Gasteiger charge is -2.32. The molecule has 23 heavy (non-hydrogen) atoms. The van der Waals surface area contributed by atoms with Crippen LogP contribution in [0.3, 0.4) is 0 Å². The Kier molecular flexibility index (Phi) is 4.37. The van der Waals surface area contributed by atoms with Gasteiger partial charge in [-0.2, -0.15) is 0 Å². The fourth-order valence-electron chi connectivity index (χ4n) is 2.11. The minimum absolute atomic E-state index is 0.136. The number of amides is 1. The molecule has 2 rings (SSSR count). The van der Waals surface area contributed by atoms with Gasteiger partial charge in [-0.05, 0) is 33.8 Å². The van der Waals surface area contributed by atoms with Crippen LogP contribution in [0.4, 0.5) is 10.1 Å². The van der Waals surface area contributed by atoms with Gasteiger partial charge in [0.2, 0.25) is 5.91 Å². The molecule has 0 aromatic heterocycles. The Morgan fingerprint density at radius 2 is 1.65 bits per heavy atom. The van der Waals surface area contributed by atoms with Crippen molar-refractivity contribution in [2.24, 2.45) is 5.41 Å². The summed E-state index contributed by atoms with van der Waals surface area (Å²) in [6, 6.07) is 4.83. The molecule has 1 amide bonds. The molecule has 1 fully saturated rings. The number of halogens is 1. The first kappa shape index (κ1) is 18.0. The third-order valence-corrected chi connectivity index (χ3v) is 4.47. The van der Waals surface area contributed by atoms with E-state index in [2.05, 4.69) is 5.32 Å². The smallest absolute Gasteiger partial charge is 0.399 e. The van der Waals surface area contributed by atoms with Gasteiger partial charge in [0.05, 0.1) is 16.9 Å². The topological polar surface area (TPSA) is 47.6 Å². The van der Waals surface area contributed by atoms with Crippen molar-refractivity contribution in [1.29, 1.82) is 0 Å². The molecular formula is C17H25BFNO3. The summed E-state index contributed by atoms with van der Waals surface area (Å²) in [5.41, 5.74) is -1.27. The van der Waals surface area contributed by atoms with Crippen LogP contribution in [0, 0.1) is 11.2 Å². The normalized spacial score (nSPS) is 19.7. The number of carbonyl (C=O) groups excluding carboxylic acids is 1. The molecule has 0 bridgehead atoms. The maximum Gasteiger partial charge on any atom is 0.497 e. The van der Waals surface area contributed by atoms with Crippen LogP contribution in [0.25, 0.3) is 0 Å². The van der Waals surface area contributed by atoms with Gasteiger partial charge in [-0.3, -0.25) is 4.79 Å². The van der Waals surface area contributed by atoms with Gasteiger partial charge in [0.1, 0.15) is 5.82 Å². The van der Waals surface area contributed by atoms with E-state index >= 15 is 0 Å². The summed E-state index contributed by atoms with van der Waals surface area (Å²) in [6.07, 6.45) is 0. The second-order valence-corrected chi connectivity index (χ2v) is 8.00. The second kappa shape index (κ2) is 5.60. The predicted octanol–water partition coefficient (Wildman–Crippen LogP) is 3.11. The van der Waals surface area contributed by atoms with Crippen LogP contribution < -0.4 is 10.8 Å². The lowest BCUT2D eigenvalue weighted by atomic mass is 9.78. The van der Waals surface area contributed by atoms with Crippen LogP contribution in [-0.2, 0) is 14.1 Å². The summed E-state index contributed by atoms with van der Waals surface area (Å²) in [7, 11) is -0.800. The number of hydrogen-bond donors (Lipinski definition) is 1. The third-order valence-electron chi connectivity index (χ3n) is 4.47. The lowest BCUT2D eigenvalue weighted by molar-refractivity contribution is -0.123. The van der Waals surface area contributed by atoms with Crippen LogP contribution in [-0.4, -0.2) is 24.2 Å². The summed E-state index contributed by atoms with van der Waals surface area (Å²) >= 11 is 0. The molecule has 0 atom stereocenters. The molecule has 126 valence electrons. The van der Waals surface area contributed by atoms with Gasteiger partial charge in [0.25, 0.3) is 0 Å². The Bertz CT molecular complexity index is 607. The molecule has 1 aliphatic rings. The number of benzene rings is 1.